The summed E-state index contributed by atoms with van der Waals surface area (Å²) in [5.74, 6) is -0.679. The Labute approximate surface area is 140 Å². The molecule has 126 valence electrons. The molecular weight excluding hydrogens is 306 g/mol. The predicted molar refractivity (Wildman–Crippen MR) is 88.6 cm³/mol. The monoisotopic (exact) mass is 327 g/mol. The second-order valence-electron chi connectivity index (χ2n) is 6.22. The SMILES string of the molecule is Cc1cc(C)n([C@H]2CCCN(C(=O)c3ccc(C(N)=O)cn3)C2)n1. The number of carbonyl (C=O) groups is 2. The fourth-order valence-electron chi connectivity index (χ4n) is 3.18. The molecule has 2 amide bonds. The first-order chi connectivity index (χ1) is 11.5. The number of nitrogens with zero attached hydrogens (tertiary/aromatic N) is 4. The number of pyridine rings is 1. The van der Waals surface area contributed by atoms with E-state index in [1.54, 1.807) is 11.0 Å². The molecule has 2 N–H and O–H groups in total. The number of amides is 2. The number of nitrogens with two attached hydrogens (primary N) is 1. The van der Waals surface area contributed by atoms with Gasteiger partial charge in [-0.15, -0.1) is 0 Å². The van der Waals surface area contributed by atoms with Crippen LogP contribution in [-0.4, -0.2) is 44.6 Å². The largest absolute Gasteiger partial charge is 0.366 e. The van der Waals surface area contributed by atoms with Crippen LogP contribution in [0.25, 0.3) is 0 Å². The first kappa shape index (κ1) is 16.2. The predicted octanol–water partition coefficient (Wildman–Crippen LogP) is 1.47. The summed E-state index contributed by atoms with van der Waals surface area (Å²) in [5.41, 5.74) is 7.92. The van der Waals surface area contributed by atoms with Gasteiger partial charge in [-0.25, -0.2) is 0 Å². The van der Waals surface area contributed by atoms with Crippen molar-refractivity contribution in [3.63, 3.8) is 0 Å². The van der Waals surface area contributed by atoms with Crippen molar-refractivity contribution < 1.29 is 9.59 Å². The Hall–Kier alpha value is -2.70. The van der Waals surface area contributed by atoms with E-state index in [2.05, 4.69) is 10.1 Å². The van der Waals surface area contributed by atoms with Gasteiger partial charge < -0.3 is 10.6 Å². The summed E-state index contributed by atoms with van der Waals surface area (Å²) in [6.45, 7) is 5.32. The van der Waals surface area contributed by atoms with Crippen molar-refractivity contribution in [1.82, 2.24) is 19.7 Å². The van der Waals surface area contributed by atoms with Gasteiger partial charge in [-0.3, -0.25) is 19.3 Å². The van der Waals surface area contributed by atoms with Crippen molar-refractivity contribution >= 4 is 11.8 Å². The highest BCUT2D eigenvalue weighted by molar-refractivity contribution is 5.95. The molecule has 0 aromatic carbocycles. The van der Waals surface area contributed by atoms with Gasteiger partial charge in [0.2, 0.25) is 5.91 Å². The highest BCUT2D eigenvalue weighted by Crippen LogP contribution is 2.24. The molecule has 1 atom stereocenters. The molecule has 0 bridgehead atoms. The Kier molecular flexibility index (Phi) is 4.33. The van der Waals surface area contributed by atoms with E-state index in [4.69, 9.17) is 5.73 Å². The molecule has 0 spiro atoms. The summed E-state index contributed by atoms with van der Waals surface area (Å²) >= 11 is 0. The normalized spacial score (nSPS) is 17.8. The number of aromatic nitrogens is 3. The summed E-state index contributed by atoms with van der Waals surface area (Å²) in [4.78, 5) is 29.6. The Morgan fingerprint density at radius 1 is 1.29 bits per heavy atom. The molecule has 7 nitrogen and oxygen atoms in total. The molecule has 1 saturated heterocycles. The zero-order valence-electron chi connectivity index (χ0n) is 13.9. The topological polar surface area (TPSA) is 94.1 Å². The summed E-state index contributed by atoms with van der Waals surface area (Å²) in [6, 6.07) is 5.31. The van der Waals surface area contributed by atoms with Crippen LogP contribution in [-0.2, 0) is 0 Å². The number of rotatable bonds is 3. The Balaban J connectivity index is 1.75. The lowest BCUT2D eigenvalue weighted by Gasteiger charge is -2.33. The van der Waals surface area contributed by atoms with Gasteiger partial charge in [0.25, 0.3) is 5.91 Å². The van der Waals surface area contributed by atoms with Crippen molar-refractivity contribution in [3.8, 4) is 0 Å². The third-order valence-electron chi connectivity index (χ3n) is 4.34. The zero-order valence-corrected chi connectivity index (χ0v) is 13.9. The Morgan fingerprint density at radius 3 is 2.67 bits per heavy atom. The minimum Gasteiger partial charge on any atom is -0.366 e. The second kappa shape index (κ2) is 6.43. The van der Waals surface area contributed by atoms with Crippen LogP contribution in [0.1, 0.15) is 51.1 Å². The molecular formula is C17H21N5O2. The average Bonchev–Trinajstić information content (AvgIpc) is 2.93. The van der Waals surface area contributed by atoms with Gasteiger partial charge in [0.1, 0.15) is 5.69 Å². The van der Waals surface area contributed by atoms with E-state index in [0.29, 0.717) is 24.3 Å². The maximum absolute atomic E-state index is 12.7. The molecule has 2 aromatic rings. The Bertz CT molecular complexity index is 766. The number of hydrogen-bond donors (Lipinski definition) is 1. The second-order valence-corrected chi connectivity index (χ2v) is 6.22. The van der Waals surface area contributed by atoms with E-state index in [1.165, 1.54) is 12.3 Å². The first-order valence-corrected chi connectivity index (χ1v) is 8.03. The molecule has 2 aromatic heterocycles. The highest BCUT2D eigenvalue weighted by atomic mass is 16.2. The molecule has 7 heteroatoms. The van der Waals surface area contributed by atoms with Crippen LogP contribution in [0, 0.1) is 13.8 Å². The van der Waals surface area contributed by atoms with E-state index in [-0.39, 0.29) is 11.9 Å². The summed E-state index contributed by atoms with van der Waals surface area (Å²) in [7, 11) is 0. The number of aryl methyl sites for hydroxylation is 2. The Morgan fingerprint density at radius 2 is 2.08 bits per heavy atom. The fourth-order valence-corrected chi connectivity index (χ4v) is 3.18. The molecule has 1 aliphatic heterocycles. The van der Waals surface area contributed by atoms with E-state index in [9.17, 15) is 9.59 Å². The number of primary amides is 1. The molecule has 0 aliphatic carbocycles. The van der Waals surface area contributed by atoms with Gasteiger partial charge in [-0.05, 0) is 44.9 Å². The maximum Gasteiger partial charge on any atom is 0.272 e. The molecule has 3 rings (SSSR count). The van der Waals surface area contributed by atoms with Gasteiger partial charge in [0.05, 0.1) is 17.3 Å². The van der Waals surface area contributed by atoms with Crippen molar-refractivity contribution in [2.24, 2.45) is 5.73 Å². The lowest BCUT2D eigenvalue weighted by Crippen LogP contribution is -2.41. The minimum atomic E-state index is -0.552. The van der Waals surface area contributed by atoms with Crippen LogP contribution in [0.2, 0.25) is 0 Å². The molecule has 1 aliphatic rings. The highest BCUT2D eigenvalue weighted by Gasteiger charge is 2.27. The van der Waals surface area contributed by atoms with Gasteiger partial charge in [-0.1, -0.05) is 0 Å². The molecule has 24 heavy (non-hydrogen) atoms. The van der Waals surface area contributed by atoms with Crippen LogP contribution in [0.3, 0.4) is 0 Å². The fraction of sp³-hybridized carbons (Fsp3) is 0.412. The van der Waals surface area contributed by atoms with Gasteiger partial charge >= 0.3 is 0 Å². The number of piperidine rings is 1. The van der Waals surface area contributed by atoms with E-state index in [1.807, 2.05) is 24.6 Å². The van der Waals surface area contributed by atoms with Crippen LogP contribution in [0.5, 0.6) is 0 Å². The summed E-state index contributed by atoms with van der Waals surface area (Å²) < 4.78 is 2.01. The molecule has 3 heterocycles. The van der Waals surface area contributed by atoms with E-state index < -0.39 is 5.91 Å². The summed E-state index contributed by atoms with van der Waals surface area (Å²) in [5, 5.41) is 4.54. The first-order valence-electron chi connectivity index (χ1n) is 8.03. The molecule has 1 fully saturated rings. The van der Waals surface area contributed by atoms with Crippen molar-refractivity contribution in [1.29, 1.82) is 0 Å². The van der Waals surface area contributed by atoms with Gasteiger partial charge in [-0.2, -0.15) is 5.10 Å². The van der Waals surface area contributed by atoms with E-state index >= 15 is 0 Å². The molecule has 0 unspecified atom stereocenters. The zero-order chi connectivity index (χ0) is 17.3. The quantitative estimate of drug-likeness (QED) is 0.923. The minimum absolute atomic E-state index is 0.128. The lowest BCUT2D eigenvalue weighted by atomic mass is 10.0. The van der Waals surface area contributed by atoms with Crippen molar-refractivity contribution in [2.75, 3.05) is 13.1 Å². The third kappa shape index (κ3) is 3.15. The summed E-state index contributed by atoms with van der Waals surface area (Å²) in [6.07, 6.45) is 3.27. The smallest absolute Gasteiger partial charge is 0.272 e. The third-order valence-corrected chi connectivity index (χ3v) is 4.34. The molecule has 0 saturated carbocycles. The van der Waals surface area contributed by atoms with Crippen LogP contribution >= 0.6 is 0 Å². The van der Waals surface area contributed by atoms with E-state index in [0.717, 1.165) is 24.2 Å². The lowest BCUT2D eigenvalue weighted by molar-refractivity contribution is 0.0665. The van der Waals surface area contributed by atoms with Gasteiger partial charge in [0.15, 0.2) is 0 Å². The van der Waals surface area contributed by atoms with Crippen molar-refractivity contribution in [2.45, 2.75) is 32.7 Å². The van der Waals surface area contributed by atoms with Crippen LogP contribution in [0.15, 0.2) is 24.4 Å². The molecule has 0 radical (unpaired) electrons. The van der Waals surface area contributed by atoms with Crippen LogP contribution in [0.4, 0.5) is 0 Å². The number of hydrogen-bond acceptors (Lipinski definition) is 4. The van der Waals surface area contributed by atoms with Gasteiger partial charge in [0, 0.05) is 25.0 Å². The average molecular weight is 327 g/mol. The van der Waals surface area contributed by atoms with Crippen molar-refractivity contribution in [3.05, 3.63) is 47.0 Å². The standard InChI is InChI=1S/C17H21N5O2/c1-11-8-12(2)22(20-11)14-4-3-7-21(10-14)17(24)15-6-5-13(9-19-15)16(18)23/h5-6,8-9,14H,3-4,7,10H2,1-2H3,(H2,18,23)/t14-/m0/s1. The maximum atomic E-state index is 12.7. The number of likely N-dealkylation sites (tertiary alicyclic amines) is 1. The number of carbonyl (C=O) groups excluding carboxylic acids is 2. The van der Waals surface area contributed by atoms with Crippen LogP contribution < -0.4 is 5.73 Å².